The maximum Gasteiger partial charge on any atom is 0.416 e. The third-order valence-electron chi connectivity index (χ3n) is 4.07. The standard InChI is InChI=1S/C18H18ClF3N2O/c19-15-5-6-17(24-7-9-25-10-8-24)16(11-15)23-12-13-1-3-14(4-2-13)18(20,21)22/h1-6,11,23H,7-10,12H2. The maximum absolute atomic E-state index is 12.6. The highest BCUT2D eigenvalue weighted by molar-refractivity contribution is 6.31. The molecular weight excluding hydrogens is 353 g/mol. The molecule has 0 atom stereocenters. The van der Waals surface area contributed by atoms with Crippen LogP contribution in [0.5, 0.6) is 0 Å². The average Bonchev–Trinajstić information content (AvgIpc) is 2.60. The summed E-state index contributed by atoms with van der Waals surface area (Å²) in [6.45, 7) is 3.32. The van der Waals surface area contributed by atoms with E-state index < -0.39 is 11.7 Å². The predicted molar refractivity (Wildman–Crippen MR) is 93.3 cm³/mol. The van der Waals surface area contributed by atoms with Gasteiger partial charge in [0.25, 0.3) is 0 Å². The molecule has 25 heavy (non-hydrogen) atoms. The molecule has 0 aromatic heterocycles. The van der Waals surface area contributed by atoms with Crippen LogP contribution in [0.1, 0.15) is 11.1 Å². The molecule has 2 aromatic carbocycles. The molecule has 0 spiro atoms. The van der Waals surface area contributed by atoms with Crippen molar-refractivity contribution in [2.45, 2.75) is 12.7 Å². The van der Waals surface area contributed by atoms with E-state index in [1.165, 1.54) is 12.1 Å². The molecule has 1 aliphatic heterocycles. The van der Waals surface area contributed by atoms with Crippen molar-refractivity contribution >= 4 is 23.0 Å². The van der Waals surface area contributed by atoms with Crippen LogP contribution in [-0.2, 0) is 17.5 Å². The minimum Gasteiger partial charge on any atom is -0.379 e. The number of halogens is 4. The second-order valence-corrected chi connectivity index (χ2v) is 6.25. The summed E-state index contributed by atoms with van der Waals surface area (Å²) >= 11 is 6.10. The first-order valence-corrected chi connectivity index (χ1v) is 8.33. The van der Waals surface area contributed by atoms with Crippen molar-refractivity contribution in [3.8, 4) is 0 Å². The normalized spacial score (nSPS) is 15.3. The third kappa shape index (κ3) is 4.58. The van der Waals surface area contributed by atoms with E-state index in [9.17, 15) is 13.2 Å². The largest absolute Gasteiger partial charge is 0.416 e. The van der Waals surface area contributed by atoms with E-state index in [2.05, 4.69) is 10.2 Å². The van der Waals surface area contributed by atoms with Gasteiger partial charge in [-0.1, -0.05) is 23.7 Å². The first-order valence-electron chi connectivity index (χ1n) is 7.96. The van der Waals surface area contributed by atoms with Crippen molar-refractivity contribution in [1.82, 2.24) is 0 Å². The molecule has 1 saturated heterocycles. The Morgan fingerprint density at radius 1 is 1.04 bits per heavy atom. The number of hydrogen-bond donors (Lipinski definition) is 1. The van der Waals surface area contributed by atoms with Crippen LogP contribution in [0.3, 0.4) is 0 Å². The molecule has 0 unspecified atom stereocenters. The summed E-state index contributed by atoms with van der Waals surface area (Å²) in [5, 5.41) is 3.88. The Morgan fingerprint density at radius 3 is 2.36 bits per heavy atom. The van der Waals surface area contributed by atoms with Crippen LogP contribution in [0, 0.1) is 0 Å². The van der Waals surface area contributed by atoms with Crippen LogP contribution in [0.4, 0.5) is 24.5 Å². The van der Waals surface area contributed by atoms with Crippen LogP contribution in [0.15, 0.2) is 42.5 Å². The topological polar surface area (TPSA) is 24.5 Å². The monoisotopic (exact) mass is 370 g/mol. The van der Waals surface area contributed by atoms with Gasteiger partial charge >= 0.3 is 6.18 Å². The molecule has 3 nitrogen and oxygen atoms in total. The Hall–Kier alpha value is -1.92. The van der Waals surface area contributed by atoms with E-state index in [0.29, 0.717) is 24.8 Å². The van der Waals surface area contributed by atoms with Gasteiger partial charge in [-0.25, -0.2) is 0 Å². The molecule has 134 valence electrons. The Bertz CT molecular complexity index is 713. The van der Waals surface area contributed by atoms with Crippen LogP contribution < -0.4 is 10.2 Å². The fourth-order valence-electron chi connectivity index (χ4n) is 2.74. The van der Waals surface area contributed by atoms with Crippen molar-refractivity contribution in [2.24, 2.45) is 0 Å². The minimum atomic E-state index is -4.32. The number of hydrogen-bond acceptors (Lipinski definition) is 3. The Balaban J connectivity index is 1.73. The lowest BCUT2D eigenvalue weighted by Gasteiger charge is -2.30. The van der Waals surface area contributed by atoms with Gasteiger partial charge in [0.05, 0.1) is 30.2 Å². The van der Waals surface area contributed by atoms with Crippen molar-refractivity contribution in [2.75, 3.05) is 36.5 Å². The number of anilines is 2. The SMILES string of the molecule is FC(F)(F)c1ccc(CNc2cc(Cl)ccc2N2CCOCC2)cc1. The number of ether oxygens (including phenoxy) is 1. The Morgan fingerprint density at radius 2 is 1.72 bits per heavy atom. The molecule has 1 fully saturated rings. The molecule has 1 aliphatic rings. The van der Waals surface area contributed by atoms with Gasteiger partial charge in [-0.2, -0.15) is 13.2 Å². The average molecular weight is 371 g/mol. The Kier molecular flexibility index (Phi) is 5.39. The number of benzene rings is 2. The van der Waals surface area contributed by atoms with Gasteiger partial charge in [-0.05, 0) is 35.9 Å². The smallest absolute Gasteiger partial charge is 0.379 e. The van der Waals surface area contributed by atoms with Gasteiger partial charge in [-0.3, -0.25) is 0 Å². The second-order valence-electron chi connectivity index (χ2n) is 5.81. The zero-order chi connectivity index (χ0) is 17.9. The lowest BCUT2D eigenvalue weighted by molar-refractivity contribution is -0.137. The molecule has 1 heterocycles. The molecule has 1 N–H and O–H groups in total. The van der Waals surface area contributed by atoms with E-state index in [1.807, 2.05) is 18.2 Å². The third-order valence-corrected chi connectivity index (χ3v) is 4.31. The maximum atomic E-state index is 12.6. The van der Waals surface area contributed by atoms with E-state index in [0.717, 1.165) is 42.2 Å². The summed E-state index contributed by atoms with van der Waals surface area (Å²) in [6.07, 6.45) is -4.32. The van der Waals surface area contributed by atoms with E-state index in [-0.39, 0.29) is 0 Å². The first kappa shape index (κ1) is 17.9. The molecule has 7 heteroatoms. The van der Waals surface area contributed by atoms with E-state index in [1.54, 1.807) is 0 Å². The number of alkyl halides is 3. The zero-order valence-electron chi connectivity index (χ0n) is 13.4. The van der Waals surface area contributed by atoms with Crippen molar-refractivity contribution < 1.29 is 17.9 Å². The molecule has 0 aliphatic carbocycles. The van der Waals surface area contributed by atoms with Gasteiger partial charge < -0.3 is 15.0 Å². The fraction of sp³-hybridized carbons (Fsp3) is 0.333. The van der Waals surface area contributed by atoms with Crippen molar-refractivity contribution in [3.63, 3.8) is 0 Å². The van der Waals surface area contributed by atoms with Gasteiger partial charge in [0.15, 0.2) is 0 Å². The van der Waals surface area contributed by atoms with Crippen LogP contribution in [0.2, 0.25) is 5.02 Å². The fourth-order valence-corrected chi connectivity index (χ4v) is 2.91. The predicted octanol–water partition coefficient (Wildman–Crippen LogP) is 4.81. The first-order chi connectivity index (χ1) is 11.9. The number of morpholine rings is 1. The second kappa shape index (κ2) is 7.54. The van der Waals surface area contributed by atoms with Gasteiger partial charge in [-0.15, -0.1) is 0 Å². The highest BCUT2D eigenvalue weighted by Crippen LogP contribution is 2.31. The van der Waals surface area contributed by atoms with Crippen molar-refractivity contribution in [3.05, 3.63) is 58.6 Å². The van der Waals surface area contributed by atoms with Crippen molar-refractivity contribution in [1.29, 1.82) is 0 Å². The number of nitrogens with zero attached hydrogens (tertiary/aromatic N) is 1. The summed E-state index contributed by atoms with van der Waals surface area (Å²) in [7, 11) is 0. The highest BCUT2D eigenvalue weighted by Gasteiger charge is 2.29. The lowest BCUT2D eigenvalue weighted by Crippen LogP contribution is -2.36. The molecule has 0 saturated carbocycles. The van der Waals surface area contributed by atoms with E-state index >= 15 is 0 Å². The van der Waals surface area contributed by atoms with Crippen LogP contribution in [-0.4, -0.2) is 26.3 Å². The number of rotatable bonds is 4. The van der Waals surface area contributed by atoms with Gasteiger partial charge in [0, 0.05) is 24.7 Å². The van der Waals surface area contributed by atoms with Gasteiger partial charge in [0.1, 0.15) is 0 Å². The van der Waals surface area contributed by atoms with E-state index in [4.69, 9.17) is 16.3 Å². The number of nitrogens with one attached hydrogen (secondary N) is 1. The molecule has 0 amide bonds. The van der Waals surface area contributed by atoms with Crippen LogP contribution in [0.25, 0.3) is 0 Å². The van der Waals surface area contributed by atoms with Crippen LogP contribution >= 0.6 is 11.6 Å². The minimum absolute atomic E-state index is 0.413. The summed E-state index contributed by atoms with van der Waals surface area (Å²) < 4.78 is 43.3. The molecular formula is C18H18ClF3N2O. The molecule has 3 rings (SSSR count). The zero-order valence-corrected chi connectivity index (χ0v) is 14.2. The summed E-state index contributed by atoms with van der Waals surface area (Å²) in [4.78, 5) is 2.20. The molecule has 2 aromatic rings. The molecule has 0 radical (unpaired) electrons. The van der Waals surface area contributed by atoms with Gasteiger partial charge in [0.2, 0.25) is 0 Å². The molecule has 0 bridgehead atoms. The summed E-state index contributed by atoms with van der Waals surface area (Å²) in [5.41, 5.74) is 1.99. The summed E-state index contributed by atoms with van der Waals surface area (Å²) in [6, 6.07) is 10.8. The Labute approximate surface area is 149 Å². The highest BCUT2D eigenvalue weighted by atomic mass is 35.5. The quantitative estimate of drug-likeness (QED) is 0.836. The summed E-state index contributed by atoms with van der Waals surface area (Å²) in [5.74, 6) is 0. The lowest BCUT2D eigenvalue weighted by atomic mass is 10.1.